The third-order valence-corrected chi connectivity index (χ3v) is 5.65. The molecule has 1 aromatic rings. The van der Waals surface area contributed by atoms with Crippen LogP contribution in [0, 0.1) is 0 Å². The van der Waals surface area contributed by atoms with Gasteiger partial charge in [0.25, 0.3) is 0 Å². The summed E-state index contributed by atoms with van der Waals surface area (Å²) >= 11 is 8.36. The molecule has 0 saturated heterocycles. The van der Waals surface area contributed by atoms with Crippen LogP contribution < -0.4 is 5.73 Å². The Bertz CT molecular complexity index is 379. The molecule has 0 bridgehead atoms. The predicted octanol–water partition coefficient (Wildman–Crippen LogP) is 2.88. The van der Waals surface area contributed by atoms with Crippen molar-refractivity contribution in [2.75, 3.05) is 6.54 Å². The summed E-state index contributed by atoms with van der Waals surface area (Å²) in [5, 5.41) is 1.06. The van der Waals surface area contributed by atoms with Crippen LogP contribution in [0.15, 0.2) is 0 Å². The Morgan fingerprint density at radius 1 is 1.36 bits per heavy atom. The molecule has 0 unspecified atom stereocenters. The molecule has 2 aliphatic rings. The molecule has 1 aromatic heterocycles. The van der Waals surface area contributed by atoms with Crippen molar-refractivity contribution in [3.8, 4) is 0 Å². The summed E-state index contributed by atoms with van der Waals surface area (Å²) in [6, 6.07) is 0. The van der Waals surface area contributed by atoms with Gasteiger partial charge in [0.1, 0.15) is 0 Å². The third-order valence-electron chi connectivity index (χ3n) is 3.58. The van der Waals surface area contributed by atoms with Crippen molar-refractivity contribution in [2.45, 2.75) is 37.5 Å². The first-order valence-corrected chi connectivity index (χ1v) is 6.47. The van der Waals surface area contributed by atoms with Gasteiger partial charge in [0.2, 0.25) is 0 Å². The lowest BCUT2D eigenvalue weighted by Gasteiger charge is -2.10. The molecule has 0 radical (unpaired) electrons. The summed E-state index contributed by atoms with van der Waals surface area (Å²) in [5.41, 5.74) is 7.56. The number of fused-ring (bicyclic) bond motifs is 1. The van der Waals surface area contributed by atoms with Crippen LogP contribution in [0.3, 0.4) is 0 Å². The second-order valence-corrected chi connectivity index (χ2v) is 5.97. The third kappa shape index (κ3) is 1.11. The van der Waals surface area contributed by atoms with Gasteiger partial charge in [-0.05, 0) is 37.7 Å². The van der Waals surface area contributed by atoms with E-state index in [1.54, 1.807) is 0 Å². The van der Waals surface area contributed by atoms with Gasteiger partial charge in [0, 0.05) is 21.7 Å². The van der Waals surface area contributed by atoms with Crippen molar-refractivity contribution < 1.29 is 0 Å². The van der Waals surface area contributed by atoms with Crippen LogP contribution in [0.25, 0.3) is 0 Å². The van der Waals surface area contributed by atoms with Crippen LogP contribution in [0.4, 0.5) is 0 Å². The van der Waals surface area contributed by atoms with Gasteiger partial charge in [0.05, 0.1) is 5.02 Å². The molecular formula is C11H14ClNS. The zero-order valence-corrected chi connectivity index (χ0v) is 9.68. The lowest BCUT2D eigenvalue weighted by Crippen LogP contribution is -2.18. The van der Waals surface area contributed by atoms with Gasteiger partial charge in [-0.2, -0.15) is 0 Å². The number of hydrogen-bond acceptors (Lipinski definition) is 2. The molecule has 2 N–H and O–H groups in total. The van der Waals surface area contributed by atoms with Crippen LogP contribution in [-0.4, -0.2) is 6.54 Å². The van der Waals surface area contributed by atoms with Gasteiger partial charge < -0.3 is 5.73 Å². The summed E-state index contributed by atoms with van der Waals surface area (Å²) in [7, 11) is 0. The molecule has 0 aliphatic heterocycles. The maximum Gasteiger partial charge on any atom is 0.0586 e. The Hall–Kier alpha value is -0.0500. The Morgan fingerprint density at radius 3 is 2.71 bits per heavy atom. The van der Waals surface area contributed by atoms with Crippen LogP contribution >= 0.6 is 22.9 Å². The number of nitrogens with two attached hydrogens (primary N) is 1. The van der Waals surface area contributed by atoms with Crippen LogP contribution in [0.1, 0.15) is 34.6 Å². The number of rotatable bonds is 2. The van der Waals surface area contributed by atoms with Gasteiger partial charge in [-0.1, -0.05) is 11.6 Å². The van der Waals surface area contributed by atoms with Gasteiger partial charge in [-0.15, -0.1) is 11.3 Å². The van der Waals surface area contributed by atoms with Crippen molar-refractivity contribution in [1.29, 1.82) is 0 Å². The average molecular weight is 228 g/mol. The normalized spacial score (nSPS) is 22.4. The van der Waals surface area contributed by atoms with E-state index in [4.69, 9.17) is 17.3 Å². The van der Waals surface area contributed by atoms with Gasteiger partial charge in [-0.25, -0.2) is 0 Å². The first-order valence-electron chi connectivity index (χ1n) is 5.27. The predicted molar refractivity (Wildman–Crippen MR) is 61.3 cm³/mol. The van der Waals surface area contributed by atoms with Crippen molar-refractivity contribution in [3.63, 3.8) is 0 Å². The van der Waals surface area contributed by atoms with E-state index >= 15 is 0 Å². The molecule has 76 valence electrons. The molecule has 1 saturated carbocycles. The van der Waals surface area contributed by atoms with Crippen LogP contribution in [0.5, 0.6) is 0 Å². The van der Waals surface area contributed by atoms with Crippen LogP contribution in [-0.2, 0) is 18.3 Å². The highest BCUT2D eigenvalue weighted by Crippen LogP contribution is 2.54. The molecule has 1 nitrogen and oxygen atoms in total. The Kier molecular flexibility index (Phi) is 1.95. The number of aryl methyl sites for hydroxylation is 1. The minimum Gasteiger partial charge on any atom is -0.330 e. The molecule has 1 fully saturated rings. The van der Waals surface area contributed by atoms with E-state index in [1.807, 2.05) is 11.3 Å². The number of hydrogen-bond donors (Lipinski definition) is 1. The fraction of sp³-hybridized carbons (Fsp3) is 0.636. The van der Waals surface area contributed by atoms with Crippen molar-refractivity contribution in [1.82, 2.24) is 0 Å². The fourth-order valence-electron chi connectivity index (χ4n) is 2.38. The number of thiophene rings is 1. The van der Waals surface area contributed by atoms with E-state index in [0.717, 1.165) is 11.6 Å². The highest BCUT2D eigenvalue weighted by atomic mass is 35.5. The molecule has 3 rings (SSSR count). The van der Waals surface area contributed by atoms with Crippen molar-refractivity contribution in [3.05, 3.63) is 20.3 Å². The minimum absolute atomic E-state index is 0.284. The maximum absolute atomic E-state index is 6.43. The molecule has 1 heterocycles. The highest BCUT2D eigenvalue weighted by molar-refractivity contribution is 7.13. The summed E-state index contributed by atoms with van der Waals surface area (Å²) in [4.78, 5) is 2.93. The largest absolute Gasteiger partial charge is 0.330 e. The zero-order valence-electron chi connectivity index (χ0n) is 8.11. The van der Waals surface area contributed by atoms with Gasteiger partial charge in [-0.3, -0.25) is 0 Å². The van der Waals surface area contributed by atoms with E-state index in [2.05, 4.69) is 0 Å². The summed E-state index contributed by atoms with van der Waals surface area (Å²) in [6.07, 6.45) is 6.19. The molecule has 14 heavy (non-hydrogen) atoms. The summed E-state index contributed by atoms with van der Waals surface area (Å²) in [6.45, 7) is 0.770. The second-order valence-electron chi connectivity index (χ2n) is 4.48. The molecule has 2 aliphatic carbocycles. The second kappa shape index (κ2) is 2.97. The topological polar surface area (TPSA) is 26.0 Å². The lowest BCUT2D eigenvalue weighted by atomic mass is 10.0. The van der Waals surface area contributed by atoms with E-state index in [-0.39, 0.29) is 5.41 Å². The van der Waals surface area contributed by atoms with Crippen molar-refractivity contribution in [2.24, 2.45) is 5.73 Å². The van der Waals surface area contributed by atoms with E-state index in [1.165, 1.54) is 47.4 Å². The lowest BCUT2D eigenvalue weighted by molar-refractivity contribution is 0.719. The first-order chi connectivity index (χ1) is 6.77. The zero-order chi connectivity index (χ0) is 9.76. The Morgan fingerprint density at radius 2 is 2.14 bits per heavy atom. The molecule has 3 heteroatoms. The van der Waals surface area contributed by atoms with E-state index in [9.17, 15) is 0 Å². The molecule has 0 amide bonds. The van der Waals surface area contributed by atoms with Gasteiger partial charge >= 0.3 is 0 Å². The number of halogens is 1. The average Bonchev–Trinajstić information content (AvgIpc) is 2.73. The Labute approximate surface area is 93.3 Å². The van der Waals surface area contributed by atoms with Crippen molar-refractivity contribution >= 4 is 22.9 Å². The fourth-order valence-corrected chi connectivity index (χ4v) is 4.50. The molecular weight excluding hydrogens is 214 g/mol. The molecule has 0 spiro atoms. The van der Waals surface area contributed by atoms with E-state index in [0.29, 0.717) is 0 Å². The standard InChI is InChI=1S/C11H14ClNS/c12-9-7-2-1-3-8(7)14-10(9)11(6-13)4-5-11/h1-6,13H2. The quantitative estimate of drug-likeness (QED) is 0.826. The first kappa shape index (κ1) is 9.20. The SMILES string of the molecule is NCC1(c2sc3c(c2Cl)CCC3)CC1. The van der Waals surface area contributed by atoms with Crippen LogP contribution in [0.2, 0.25) is 5.02 Å². The summed E-state index contributed by atoms with van der Waals surface area (Å²) in [5.74, 6) is 0. The highest BCUT2D eigenvalue weighted by Gasteiger charge is 2.46. The summed E-state index contributed by atoms with van der Waals surface area (Å²) < 4.78 is 0. The monoisotopic (exact) mass is 227 g/mol. The Balaban J connectivity index is 2.08. The van der Waals surface area contributed by atoms with Gasteiger partial charge in [0.15, 0.2) is 0 Å². The van der Waals surface area contributed by atoms with E-state index < -0.39 is 0 Å². The smallest absolute Gasteiger partial charge is 0.0586 e. The molecule has 0 atom stereocenters. The maximum atomic E-state index is 6.43. The minimum atomic E-state index is 0.284. The molecule has 0 aromatic carbocycles.